The van der Waals surface area contributed by atoms with E-state index in [1.807, 2.05) is 18.2 Å². The third-order valence-electron chi connectivity index (χ3n) is 2.75. The van der Waals surface area contributed by atoms with Crippen molar-refractivity contribution in [3.05, 3.63) is 71.8 Å². The Balaban J connectivity index is 2.19. The fraction of sp³-hybridized carbons (Fsp3) is 0.133. The highest BCUT2D eigenvalue weighted by Crippen LogP contribution is 2.24. The monoisotopic (exact) mass is 258 g/mol. The molecule has 0 aliphatic heterocycles. The van der Waals surface area contributed by atoms with E-state index in [-0.39, 0.29) is 12.2 Å². The largest absolute Gasteiger partial charge is 0.477 e. The van der Waals surface area contributed by atoms with E-state index in [1.54, 1.807) is 30.3 Å². The Morgan fingerprint density at radius 2 is 1.53 bits per heavy atom. The highest BCUT2D eigenvalue weighted by atomic mass is 16.6. The van der Waals surface area contributed by atoms with Crippen molar-refractivity contribution in [3.63, 3.8) is 0 Å². The molecule has 19 heavy (non-hydrogen) atoms. The molecular weight excluding hydrogens is 244 g/mol. The lowest BCUT2D eigenvalue weighted by Crippen LogP contribution is -2.38. The number of carboxylic acids is 1. The predicted molar refractivity (Wildman–Crippen MR) is 69.2 cm³/mol. The van der Waals surface area contributed by atoms with E-state index in [4.69, 9.17) is 4.74 Å². The fourth-order valence-corrected chi connectivity index (χ4v) is 1.69. The zero-order chi connectivity index (χ0) is 13.7. The van der Waals surface area contributed by atoms with E-state index in [0.29, 0.717) is 0 Å². The number of hydrogen-bond donors (Lipinski definition) is 2. The molecule has 0 spiro atoms. The molecule has 0 aliphatic carbocycles. The first kappa shape index (κ1) is 13.3. The van der Waals surface area contributed by atoms with Crippen molar-refractivity contribution < 1.29 is 19.7 Å². The van der Waals surface area contributed by atoms with Crippen molar-refractivity contribution in [2.75, 3.05) is 0 Å². The van der Waals surface area contributed by atoms with E-state index < -0.39 is 11.8 Å². The van der Waals surface area contributed by atoms with Crippen LogP contribution in [0.3, 0.4) is 0 Å². The molecular formula is C15H14O4. The van der Waals surface area contributed by atoms with Gasteiger partial charge in [0, 0.05) is 5.56 Å². The van der Waals surface area contributed by atoms with Crippen molar-refractivity contribution in [2.24, 2.45) is 0 Å². The van der Waals surface area contributed by atoms with Crippen LogP contribution in [0.2, 0.25) is 0 Å². The minimum Gasteiger partial charge on any atom is -0.477 e. The van der Waals surface area contributed by atoms with E-state index in [9.17, 15) is 15.0 Å². The molecule has 0 radical (unpaired) electrons. The highest BCUT2D eigenvalue weighted by molar-refractivity contribution is 5.77. The maximum Gasteiger partial charge on any atom is 0.369 e. The van der Waals surface area contributed by atoms with Crippen molar-refractivity contribution in [2.45, 2.75) is 12.4 Å². The van der Waals surface area contributed by atoms with Crippen molar-refractivity contribution in [3.8, 4) is 0 Å². The van der Waals surface area contributed by atoms with Crippen LogP contribution in [0.15, 0.2) is 60.7 Å². The summed E-state index contributed by atoms with van der Waals surface area (Å²) in [6.45, 7) is 0.0124. The average Bonchev–Trinajstić information content (AvgIpc) is 2.46. The number of benzene rings is 2. The standard InChI is InChI=1S/C15H14O4/c16-14(17)15(18,13-9-5-2-6-10-13)19-11-12-7-3-1-4-8-12/h1-10,18H,11H2,(H,16,17). The number of ether oxygens (including phenoxy) is 1. The molecule has 2 aromatic carbocycles. The first-order chi connectivity index (χ1) is 9.13. The molecule has 0 saturated carbocycles. The van der Waals surface area contributed by atoms with Gasteiger partial charge in [-0.1, -0.05) is 60.7 Å². The quantitative estimate of drug-likeness (QED) is 0.806. The Hall–Kier alpha value is -2.17. The normalized spacial score (nSPS) is 13.7. The molecule has 0 bridgehead atoms. The molecule has 98 valence electrons. The summed E-state index contributed by atoms with van der Waals surface area (Å²) in [5.74, 6) is -3.77. The van der Waals surface area contributed by atoms with Gasteiger partial charge in [0.05, 0.1) is 6.61 Å². The van der Waals surface area contributed by atoms with E-state index in [2.05, 4.69) is 0 Å². The van der Waals surface area contributed by atoms with E-state index >= 15 is 0 Å². The summed E-state index contributed by atoms with van der Waals surface area (Å²) in [5, 5.41) is 19.4. The van der Waals surface area contributed by atoms with Crippen LogP contribution in [-0.4, -0.2) is 16.2 Å². The summed E-state index contributed by atoms with van der Waals surface area (Å²) < 4.78 is 5.22. The lowest BCUT2D eigenvalue weighted by Gasteiger charge is -2.24. The molecule has 0 heterocycles. The molecule has 0 aromatic heterocycles. The van der Waals surface area contributed by atoms with Crippen LogP contribution in [0.4, 0.5) is 0 Å². The molecule has 0 fully saturated rings. The van der Waals surface area contributed by atoms with Crippen LogP contribution in [0.25, 0.3) is 0 Å². The second-order valence-corrected chi connectivity index (χ2v) is 4.09. The van der Waals surface area contributed by atoms with Gasteiger partial charge in [0.25, 0.3) is 5.79 Å². The smallest absolute Gasteiger partial charge is 0.369 e. The van der Waals surface area contributed by atoms with Crippen LogP contribution in [0.1, 0.15) is 11.1 Å². The summed E-state index contributed by atoms with van der Waals surface area (Å²) in [5.41, 5.74) is 0.983. The van der Waals surface area contributed by atoms with Crippen LogP contribution in [0, 0.1) is 0 Å². The minimum atomic E-state index is -2.34. The molecule has 1 atom stereocenters. The SMILES string of the molecule is O=C(O)C(O)(OCc1ccccc1)c1ccccc1. The van der Waals surface area contributed by atoms with Crippen molar-refractivity contribution in [1.29, 1.82) is 0 Å². The second kappa shape index (κ2) is 5.65. The Bertz CT molecular complexity index is 539. The lowest BCUT2D eigenvalue weighted by atomic mass is 10.1. The summed E-state index contributed by atoms with van der Waals surface area (Å²) in [6.07, 6.45) is 0. The topological polar surface area (TPSA) is 66.8 Å². The van der Waals surface area contributed by atoms with E-state index in [0.717, 1.165) is 5.56 Å². The van der Waals surface area contributed by atoms with Gasteiger partial charge in [0.2, 0.25) is 0 Å². The second-order valence-electron chi connectivity index (χ2n) is 4.09. The molecule has 0 saturated heterocycles. The summed E-state index contributed by atoms with van der Waals surface area (Å²) in [6, 6.07) is 17.2. The van der Waals surface area contributed by atoms with Crippen LogP contribution in [0.5, 0.6) is 0 Å². The van der Waals surface area contributed by atoms with Gasteiger partial charge in [-0.15, -0.1) is 0 Å². The van der Waals surface area contributed by atoms with Gasteiger partial charge in [-0.25, -0.2) is 4.79 Å². The number of carboxylic acid groups (broad SMARTS) is 1. The molecule has 1 unspecified atom stereocenters. The molecule has 2 rings (SSSR count). The number of carbonyl (C=O) groups is 1. The number of rotatable bonds is 5. The van der Waals surface area contributed by atoms with Gasteiger partial charge in [-0.05, 0) is 5.56 Å². The van der Waals surface area contributed by atoms with Gasteiger partial charge >= 0.3 is 5.97 Å². The predicted octanol–water partition coefficient (Wildman–Crippen LogP) is 2.13. The van der Waals surface area contributed by atoms with Crippen molar-refractivity contribution >= 4 is 5.97 Å². The lowest BCUT2D eigenvalue weighted by molar-refractivity contribution is -0.234. The number of hydrogen-bond acceptors (Lipinski definition) is 3. The fourth-order valence-electron chi connectivity index (χ4n) is 1.69. The zero-order valence-electron chi connectivity index (χ0n) is 10.2. The minimum absolute atomic E-state index is 0.0124. The molecule has 0 amide bonds. The van der Waals surface area contributed by atoms with Gasteiger partial charge < -0.3 is 14.9 Å². The van der Waals surface area contributed by atoms with Gasteiger partial charge in [0.15, 0.2) is 0 Å². The Morgan fingerprint density at radius 1 is 1.00 bits per heavy atom. The Kier molecular flexibility index (Phi) is 3.94. The van der Waals surface area contributed by atoms with Gasteiger partial charge in [-0.2, -0.15) is 0 Å². The average molecular weight is 258 g/mol. The molecule has 4 heteroatoms. The maximum atomic E-state index is 11.3. The first-order valence-corrected chi connectivity index (χ1v) is 5.82. The zero-order valence-corrected chi connectivity index (χ0v) is 10.2. The Morgan fingerprint density at radius 3 is 2.05 bits per heavy atom. The summed E-state index contributed by atoms with van der Waals surface area (Å²) in [4.78, 5) is 11.3. The summed E-state index contributed by atoms with van der Waals surface area (Å²) in [7, 11) is 0. The van der Waals surface area contributed by atoms with Crippen LogP contribution < -0.4 is 0 Å². The van der Waals surface area contributed by atoms with E-state index in [1.165, 1.54) is 12.1 Å². The molecule has 0 aliphatic rings. The molecule has 4 nitrogen and oxygen atoms in total. The van der Waals surface area contributed by atoms with Gasteiger partial charge in [-0.3, -0.25) is 0 Å². The maximum absolute atomic E-state index is 11.3. The van der Waals surface area contributed by atoms with Crippen molar-refractivity contribution in [1.82, 2.24) is 0 Å². The number of aliphatic carboxylic acids is 1. The number of aliphatic hydroxyl groups is 1. The summed E-state index contributed by atoms with van der Waals surface area (Å²) >= 11 is 0. The first-order valence-electron chi connectivity index (χ1n) is 5.82. The third kappa shape index (κ3) is 2.99. The van der Waals surface area contributed by atoms with Gasteiger partial charge in [0.1, 0.15) is 0 Å². The highest BCUT2D eigenvalue weighted by Gasteiger charge is 2.39. The third-order valence-corrected chi connectivity index (χ3v) is 2.75. The molecule has 2 aromatic rings. The van der Waals surface area contributed by atoms with Crippen LogP contribution in [-0.2, 0) is 21.9 Å². The Labute approximate surface area is 110 Å². The van der Waals surface area contributed by atoms with Crippen LogP contribution >= 0.6 is 0 Å². The molecule has 2 N–H and O–H groups in total.